The van der Waals surface area contributed by atoms with Crippen LogP contribution in [0.25, 0.3) is 0 Å². The molecule has 1 aromatic heterocycles. The van der Waals surface area contributed by atoms with E-state index in [1.54, 1.807) is 24.3 Å². The molecule has 168 valence electrons. The molecule has 0 fully saturated rings. The molecule has 0 unspecified atom stereocenters. The summed E-state index contributed by atoms with van der Waals surface area (Å²) in [5.74, 6) is -0.172. The Labute approximate surface area is 192 Å². The second kappa shape index (κ2) is 10.1. The Balaban J connectivity index is 1.69. The van der Waals surface area contributed by atoms with Gasteiger partial charge in [0, 0.05) is 17.6 Å². The molecule has 32 heavy (non-hydrogen) atoms. The van der Waals surface area contributed by atoms with Crippen LogP contribution in [0.1, 0.15) is 30.9 Å². The second-order valence-corrected chi connectivity index (χ2v) is 9.95. The van der Waals surface area contributed by atoms with E-state index in [0.29, 0.717) is 18.0 Å². The molecule has 0 spiro atoms. The van der Waals surface area contributed by atoms with Crippen LogP contribution in [0, 0.1) is 0 Å². The van der Waals surface area contributed by atoms with E-state index in [1.165, 1.54) is 12.1 Å². The number of hydrogen-bond donors (Lipinski definition) is 1. The fourth-order valence-electron chi connectivity index (χ4n) is 3.03. The Kier molecular flexibility index (Phi) is 7.48. The lowest BCUT2D eigenvalue weighted by Crippen LogP contribution is -2.35. The van der Waals surface area contributed by atoms with Gasteiger partial charge in [0.05, 0.1) is 4.90 Å². The highest BCUT2D eigenvalue weighted by Gasteiger charge is 2.21. The molecule has 1 N–H and O–H groups in total. The van der Waals surface area contributed by atoms with Crippen molar-refractivity contribution in [2.45, 2.75) is 42.7 Å². The van der Waals surface area contributed by atoms with E-state index in [2.05, 4.69) is 10.4 Å². The highest BCUT2D eigenvalue weighted by molar-refractivity contribution is 7.91. The molecule has 0 saturated carbocycles. The predicted octanol–water partition coefficient (Wildman–Crippen LogP) is 3.21. The smallest absolute Gasteiger partial charge is 0.267 e. The first kappa shape index (κ1) is 23.7. The number of amides is 1. The summed E-state index contributed by atoms with van der Waals surface area (Å²) in [6.45, 7) is 4.01. The maximum atomic E-state index is 12.9. The van der Waals surface area contributed by atoms with Gasteiger partial charge in [0.15, 0.2) is 5.03 Å². The number of hydrogen-bond acceptors (Lipinski definition) is 5. The summed E-state index contributed by atoms with van der Waals surface area (Å²) < 4.78 is 26.7. The lowest BCUT2D eigenvalue weighted by Gasteiger charge is -2.10. The van der Waals surface area contributed by atoms with Crippen LogP contribution in [0.2, 0.25) is 5.02 Å². The number of sulfone groups is 1. The fourth-order valence-corrected chi connectivity index (χ4v) is 4.34. The average molecular weight is 474 g/mol. The summed E-state index contributed by atoms with van der Waals surface area (Å²) in [6.07, 6.45) is 0.589. The van der Waals surface area contributed by atoms with Gasteiger partial charge in [0.2, 0.25) is 15.7 Å². The number of halogens is 1. The summed E-state index contributed by atoms with van der Waals surface area (Å²) in [4.78, 5) is 24.5. The zero-order valence-electron chi connectivity index (χ0n) is 17.8. The largest absolute Gasteiger partial charge is 0.354 e. The van der Waals surface area contributed by atoms with Crippen LogP contribution < -0.4 is 10.9 Å². The molecule has 0 saturated heterocycles. The minimum absolute atomic E-state index is 0.0759. The van der Waals surface area contributed by atoms with Crippen molar-refractivity contribution in [3.05, 3.63) is 87.2 Å². The molecular formula is C23H24ClN3O4S. The third-order valence-electron chi connectivity index (χ3n) is 4.92. The van der Waals surface area contributed by atoms with Gasteiger partial charge in [0.1, 0.15) is 6.54 Å². The quantitative estimate of drug-likeness (QED) is 0.541. The van der Waals surface area contributed by atoms with Crippen LogP contribution in [-0.2, 0) is 27.6 Å². The molecule has 1 amide bonds. The van der Waals surface area contributed by atoms with Crippen LogP contribution in [0.4, 0.5) is 0 Å². The van der Waals surface area contributed by atoms with Crippen LogP contribution in [-0.4, -0.2) is 30.7 Å². The topological polar surface area (TPSA) is 98.1 Å². The van der Waals surface area contributed by atoms with E-state index in [-0.39, 0.29) is 22.4 Å². The molecule has 3 rings (SSSR count). The SMILES string of the molecule is CC(C)c1ccc(S(=O)(=O)c2ccc(=O)n(CC(=O)NCCc3ccc(Cl)cc3)n2)cc1. The van der Waals surface area contributed by atoms with Gasteiger partial charge < -0.3 is 5.32 Å². The van der Waals surface area contributed by atoms with Crippen LogP contribution in [0.5, 0.6) is 0 Å². The molecule has 0 atom stereocenters. The molecule has 9 heteroatoms. The lowest BCUT2D eigenvalue weighted by atomic mass is 10.0. The van der Waals surface area contributed by atoms with Crippen molar-refractivity contribution in [1.82, 2.24) is 15.1 Å². The number of carbonyl (C=O) groups excluding carboxylic acids is 1. The molecule has 0 aliphatic heterocycles. The Morgan fingerprint density at radius 3 is 2.31 bits per heavy atom. The molecule has 7 nitrogen and oxygen atoms in total. The van der Waals surface area contributed by atoms with E-state index in [0.717, 1.165) is 27.9 Å². The molecule has 0 bridgehead atoms. The first-order valence-corrected chi connectivity index (χ1v) is 12.0. The van der Waals surface area contributed by atoms with Crippen molar-refractivity contribution in [2.24, 2.45) is 0 Å². The summed E-state index contributed by atoms with van der Waals surface area (Å²) in [5.41, 5.74) is 1.45. The molecule has 0 aliphatic rings. The van der Waals surface area contributed by atoms with Gasteiger partial charge in [-0.2, -0.15) is 5.10 Å². The van der Waals surface area contributed by atoms with E-state index >= 15 is 0 Å². The molecule has 0 radical (unpaired) electrons. The van der Waals surface area contributed by atoms with Crippen LogP contribution in [0.3, 0.4) is 0 Å². The number of rotatable bonds is 8. The number of benzene rings is 2. The monoisotopic (exact) mass is 473 g/mol. The van der Waals surface area contributed by atoms with Crippen molar-refractivity contribution in [3.63, 3.8) is 0 Å². The van der Waals surface area contributed by atoms with E-state index in [1.807, 2.05) is 26.0 Å². The van der Waals surface area contributed by atoms with Crippen molar-refractivity contribution < 1.29 is 13.2 Å². The maximum absolute atomic E-state index is 12.9. The number of nitrogens with one attached hydrogen (secondary N) is 1. The standard InChI is InChI=1S/C23H24ClN3O4S/c1-16(2)18-5-9-20(10-6-18)32(30,31)22-11-12-23(29)27(26-22)15-21(28)25-14-13-17-3-7-19(24)8-4-17/h3-12,16H,13-15H2,1-2H3,(H,25,28). The fraction of sp³-hybridized carbons (Fsp3) is 0.261. The van der Waals surface area contributed by atoms with E-state index in [4.69, 9.17) is 11.6 Å². The molecule has 1 heterocycles. The number of carbonyl (C=O) groups is 1. The van der Waals surface area contributed by atoms with Gasteiger partial charge in [-0.3, -0.25) is 9.59 Å². The van der Waals surface area contributed by atoms with Crippen molar-refractivity contribution in [1.29, 1.82) is 0 Å². The third kappa shape index (κ3) is 5.83. The highest BCUT2D eigenvalue weighted by atomic mass is 35.5. The van der Waals surface area contributed by atoms with E-state index < -0.39 is 21.3 Å². The first-order chi connectivity index (χ1) is 15.2. The number of nitrogens with zero attached hydrogens (tertiary/aromatic N) is 2. The summed E-state index contributed by atoms with van der Waals surface area (Å²) in [5, 5.41) is 6.99. The molecule has 2 aromatic carbocycles. The van der Waals surface area contributed by atoms with Gasteiger partial charge in [-0.1, -0.05) is 49.7 Å². The van der Waals surface area contributed by atoms with Crippen molar-refractivity contribution in [2.75, 3.05) is 6.54 Å². The Morgan fingerprint density at radius 2 is 1.69 bits per heavy atom. The van der Waals surface area contributed by atoms with Gasteiger partial charge in [-0.25, -0.2) is 13.1 Å². The van der Waals surface area contributed by atoms with Crippen molar-refractivity contribution >= 4 is 27.3 Å². The van der Waals surface area contributed by atoms with Gasteiger partial charge in [-0.05, 0) is 53.8 Å². The van der Waals surface area contributed by atoms with Crippen LogP contribution >= 0.6 is 11.6 Å². The highest BCUT2D eigenvalue weighted by Crippen LogP contribution is 2.21. The summed E-state index contributed by atoms with van der Waals surface area (Å²) in [7, 11) is -3.93. The second-order valence-electron chi connectivity index (χ2n) is 7.62. The zero-order valence-corrected chi connectivity index (χ0v) is 19.4. The molecule has 0 aliphatic carbocycles. The van der Waals surface area contributed by atoms with E-state index in [9.17, 15) is 18.0 Å². The zero-order chi connectivity index (χ0) is 23.3. The van der Waals surface area contributed by atoms with Crippen LogP contribution in [0.15, 0.2) is 75.4 Å². The Hall–Kier alpha value is -2.97. The Bertz CT molecular complexity index is 1250. The first-order valence-electron chi connectivity index (χ1n) is 10.1. The number of aromatic nitrogens is 2. The average Bonchev–Trinajstić information content (AvgIpc) is 2.76. The lowest BCUT2D eigenvalue weighted by molar-refractivity contribution is -0.121. The predicted molar refractivity (Wildman–Crippen MR) is 123 cm³/mol. The third-order valence-corrected chi connectivity index (χ3v) is 6.83. The van der Waals surface area contributed by atoms with Gasteiger partial charge in [-0.15, -0.1) is 0 Å². The summed E-state index contributed by atoms with van der Waals surface area (Å²) >= 11 is 5.85. The normalized spacial score (nSPS) is 11.5. The Morgan fingerprint density at radius 1 is 1.03 bits per heavy atom. The maximum Gasteiger partial charge on any atom is 0.267 e. The molecule has 3 aromatic rings. The minimum atomic E-state index is -3.93. The minimum Gasteiger partial charge on any atom is -0.354 e. The van der Waals surface area contributed by atoms with Gasteiger partial charge in [0.25, 0.3) is 5.56 Å². The van der Waals surface area contributed by atoms with Crippen molar-refractivity contribution in [3.8, 4) is 0 Å². The summed E-state index contributed by atoms with van der Waals surface area (Å²) in [6, 6.07) is 16.1. The van der Waals surface area contributed by atoms with Gasteiger partial charge >= 0.3 is 0 Å². The molecular weight excluding hydrogens is 450 g/mol.